The minimum absolute atomic E-state index is 0.124. The van der Waals surface area contributed by atoms with Crippen LogP contribution >= 0.6 is 0 Å². The summed E-state index contributed by atoms with van der Waals surface area (Å²) in [5, 5.41) is 7.51. The van der Waals surface area contributed by atoms with Crippen LogP contribution in [0.1, 0.15) is 72.6 Å². The fourth-order valence-corrected chi connectivity index (χ4v) is 5.42. The predicted molar refractivity (Wildman–Crippen MR) is 114 cm³/mol. The standard InChI is InChI=1S/C24H32N4O/c1-27-19(14-17-8-4-2-5-9-17)15-23-22(27)10-6-3-7-13-28(23)24(29)21-16-20(25-26-21)18-11-12-18/h2,4-5,8-9,16,18-19,22-23H,3,6-7,10-15H2,1H3,(H,25,26)/t19-,22-,23+/m1/s1. The van der Waals surface area contributed by atoms with Crippen LogP contribution in [-0.4, -0.2) is 57.6 Å². The van der Waals surface area contributed by atoms with Gasteiger partial charge in [0.25, 0.3) is 5.91 Å². The Kier molecular flexibility index (Phi) is 5.17. The third kappa shape index (κ3) is 3.85. The fourth-order valence-electron chi connectivity index (χ4n) is 5.42. The Morgan fingerprint density at radius 3 is 2.72 bits per heavy atom. The van der Waals surface area contributed by atoms with Gasteiger partial charge in [0.15, 0.2) is 0 Å². The molecule has 154 valence electrons. The van der Waals surface area contributed by atoms with Crippen molar-refractivity contribution >= 4 is 5.91 Å². The van der Waals surface area contributed by atoms with Crippen molar-refractivity contribution in [3.63, 3.8) is 0 Å². The van der Waals surface area contributed by atoms with E-state index in [1.54, 1.807) is 0 Å². The molecule has 5 nitrogen and oxygen atoms in total. The normalized spacial score (nSPS) is 28.0. The van der Waals surface area contributed by atoms with Crippen molar-refractivity contribution in [1.82, 2.24) is 20.0 Å². The molecule has 5 heteroatoms. The van der Waals surface area contributed by atoms with Gasteiger partial charge in [0.2, 0.25) is 0 Å². The van der Waals surface area contributed by atoms with Gasteiger partial charge in [-0.25, -0.2) is 0 Å². The molecular formula is C24H32N4O. The van der Waals surface area contributed by atoms with Crippen molar-refractivity contribution in [2.75, 3.05) is 13.6 Å². The molecular weight excluding hydrogens is 360 g/mol. The topological polar surface area (TPSA) is 52.2 Å². The molecule has 1 amide bonds. The Morgan fingerprint density at radius 2 is 1.93 bits per heavy atom. The van der Waals surface area contributed by atoms with E-state index >= 15 is 0 Å². The van der Waals surface area contributed by atoms with Gasteiger partial charge in [-0.05, 0) is 57.2 Å². The molecule has 0 radical (unpaired) electrons. The number of amides is 1. The Bertz CT molecular complexity index is 844. The molecule has 2 aromatic rings. The lowest BCUT2D eigenvalue weighted by molar-refractivity contribution is 0.0595. The third-order valence-corrected chi connectivity index (χ3v) is 7.27. The number of H-pyrrole nitrogens is 1. The van der Waals surface area contributed by atoms with E-state index in [0.717, 1.165) is 31.5 Å². The van der Waals surface area contributed by atoms with Crippen LogP contribution in [-0.2, 0) is 6.42 Å². The van der Waals surface area contributed by atoms with Gasteiger partial charge in [-0.1, -0.05) is 43.2 Å². The molecule has 0 bridgehead atoms. The zero-order valence-electron chi connectivity index (χ0n) is 17.4. The molecule has 1 aromatic carbocycles. The average Bonchev–Trinajstić information content (AvgIpc) is 3.38. The minimum atomic E-state index is 0.124. The van der Waals surface area contributed by atoms with Crippen molar-refractivity contribution in [1.29, 1.82) is 0 Å². The van der Waals surface area contributed by atoms with Crippen LogP contribution in [0.4, 0.5) is 0 Å². The van der Waals surface area contributed by atoms with E-state index in [9.17, 15) is 4.79 Å². The zero-order valence-corrected chi connectivity index (χ0v) is 17.4. The molecule has 29 heavy (non-hydrogen) atoms. The molecule has 5 rings (SSSR count). The first-order valence-corrected chi connectivity index (χ1v) is 11.3. The number of fused-ring (bicyclic) bond motifs is 1. The fraction of sp³-hybridized carbons (Fsp3) is 0.583. The molecule has 0 spiro atoms. The largest absolute Gasteiger partial charge is 0.333 e. The first-order chi connectivity index (χ1) is 14.2. The van der Waals surface area contributed by atoms with E-state index in [1.807, 2.05) is 6.07 Å². The van der Waals surface area contributed by atoms with Crippen molar-refractivity contribution in [2.24, 2.45) is 0 Å². The van der Waals surface area contributed by atoms with E-state index < -0.39 is 0 Å². The Labute approximate surface area is 173 Å². The second-order valence-corrected chi connectivity index (χ2v) is 9.21. The molecule has 1 N–H and O–H groups in total. The van der Waals surface area contributed by atoms with E-state index in [4.69, 9.17) is 0 Å². The van der Waals surface area contributed by atoms with Crippen molar-refractivity contribution < 1.29 is 4.79 Å². The average molecular weight is 393 g/mol. The number of aromatic amines is 1. The Hall–Kier alpha value is -2.14. The number of carbonyl (C=O) groups excluding carboxylic acids is 1. The summed E-state index contributed by atoms with van der Waals surface area (Å²) in [6.45, 7) is 0.859. The van der Waals surface area contributed by atoms with E-state index in [-0.39, 0.29) is 5.91 Å². The lowest BCUT2D eigenvalue weighted by Crippen LogP contribution is -2.48. The summed E-state index contributed by atoms with van der Waals surface area (Å²) in [5.41, 5.74) is 3.14. The van der Waals surface area contributed by atoms with Crippen molar-refractivity contribution in [2.45, 2.75) is 75.4 Å². The molecule has 3 aliphatic rings. The molecule has 3 fully saturated rings. The quantitative estimate of drug-likeness (QED) is 0.856. The zero-order chi connectivity index (χ0) is 19.8. The minimum Gasteiger partial charge on any atom is -0.333 e. The third-order valence-electron chi connectivity index (χ3n) is 7.27. The van der Waals surface area contributed by atoms with E-state index in [2.05, 4.69) is 57.4 Å². The van der Waals surface area contributed by atoms with Crippen LogP contribution in [0, 0.1) is 0 Å². The highest BCUT2D eigenvalue weighted by Crippen LogP contribution is 2.39. The van der Waals surface area contributed by atoms with Crippen LogP contribution in [0.3, 0.4) is 0 Å². The van der Waals surface area contributed by atoms with E-state index in [1.165, 1.54) is 37.7 Å². The predicted octanol–water partition coefficient (Wildman–Crippen LogP) is 3.99. The number of hydrogen-bond donors (Lipinski definition) is 1. The first-order valence-electron chi connectivity index (χ1n) is 11.3. The molecule has 1 aliphatic carbocycles. The van der Waals surface area contributed by atoms with Crippen LogP contribution < -0.4 is 0 Å². The maximum atomic E-state index is 13.5. The van der Waals surface area contributed by atoms with Crippen LogP contribution in [0.2, 0.25) is 0 Å². The molecule has 2 aliphatic heterocycles. The van der Waals surface area contributed by atoms with Gasteiger partial charge in [-0.2, -0.15) is 5.10 Å². The molecule has 3 atom stereocenters. The number of carbonyl (C=O) groups is 1. The number of hydrogen-bond acceptors (Lipinski definition) is 3. The SMILES string of the molecule is CN1[C@H](Cc2ccccc2)C[C@H]2[C@H]1CCCCCN2C(=O)c1cc(C2CC2)[nH]n1. The van der Waals surface area contributed by atoms with Crippen molar-refractivity contribution in [3.05, 3.63) is 53.3 Å². The summed E-state index contributed by atoms with van der Waals surface area (Å²) in [6.07, 6.45) is 9.30. The monoisotopic (exact) mass is 392 g/mol. The van der Waals surface area contributed by atoms with Gasteiger partial charge in [0.05, 0.1) is 0 Å². The molecule has 3 heterocycles. The number of rotatable bonds is 4. The maximum Gasteiger partial charge on any atom is 0.274 e. The van der Waals surface area contributed by atoms with Gasteiger partial charge >= 0.3 is 0 Å². The van der Waals surface area contributed by atoms with Crippen molar-refractivity contribution in [3.8, 4) is 0 Å². The van der Waals surface area contributed by atoms with Crippen LogP contribution in [0.15, 0.2) is 36.4 Å². The van der Waals surface area contributed by atoms with Gasteiger partial charge < -0.3 is 4.90 Å². The van der Waals surface area contributed by atoms with Crippen LogP contribution in [0.5, 0.6) is 0 Å². The summed E-state index contributed by atoms with van der Waals surface area (Å²) in [5.74, 6) is 0.718. The highest BCUT2D eigenvalue weighted by Gasteiger charge is 2.44. The number of aromatic nitrogens is 2. The second kappa shape index (κ2) is 7.94. The maximum absolute atomic E-state index is 13.5. The van der Waals surface area contributed by atoms with Gasteiger partial charge in [-0.15, -0.1) is 0 Å². The Morgan fingerprint density at radius 1 is 1.10 bits per heavy atom. The Balaban J connectivity index is 1.37. The lowest BCUT2D eigenvalue weighted by atomic mass is 9.95. The highest BCUT2D eigenvalue weighted by atomic mass is 16.2. The highest BCUT2D eigenvalue weighted by molar-refractivity contribution is 5.92. The summed E-state index contributed by atoms with van der Waals surface area (Å²) < 4.78 is 0. The number of nitrogens with zero attached hydrogens (tertiary/aromatic N) is 3. The number of nitrogens with one attached hydrogen (secondary N) is 1. The second-order valence-electron chi connectivity index (χ2n) is 9.21. The number of likely N-dealkylation sites (N-methyl/N-ethyl adjacent to an activating group) is 1. The smallest absolute Gasteiger partial charge is 0.274 e. The van der Waals surface area contributed by atoms with Crippen LogP contribution in [0.25, 0.3) is 0 Å². The number of likely N-dealkylation sites (tertiary alicyclic amines) is 2. The molecule has 1 aromatic heterocycles. The summed E-state index contributed by atoms with van der Waals surface area (Å²) in [4.78, 5) is 18.2. The molecule has 1 saturated carbocycles. The molecule has 0 unspecified atom stereocenters. The summed E-state index contributed by atoms with van der Waals surface area (Å²) in [6, 6.07) is 14.0. The van der Waals surface area contributed by atoms with E-state index in [0.29, 0.717) is 29.7 Å². The van der Waals surface area contributed by atoms with Gasteiger partial charge in [0.1, 0.15) is 5.69 Å². The summed E-state index contributed by atoms with van der Waals surface area (Å²) >= 11 is 0. The summed E-state index contributed by atoms with van der Waals surface area (Å²) in [7, 11) is 2.27. The van der Waals surface area contributed by atoms with Gasteiger partial charge in [0, 0.05) is 36.3 Å². The van der Waals surface area contributed by atoms with Gasteiger partial charge in [-0.3, -0.25) is 14.8 Å². The first kappa shape index (κ1) is 18.9. The number of benzene rings is 1. The molecule has 2 saturated heterocycles. The lowest BCUT2D eigenvalue weighted by Gasteiger charge is -2.36.